The maximum atomic E-state index is 13.8. The molecule has 0 saturated carbocycles. The number of nitrogen functional groups attached to an aromatic ring is 1. The smallest absolute Gasteiger partial charge is 0.193 e. The number of fused-ring (bicyclic) bond motifs is 7. The number of nitrogens with two attached hydrogens (primary N) is 1. The zero-order valence-corrected chi connectivity index (χ0v) is 45.0. The summed E-state index contributed by atoms with van der Waals surface area (Å²) in [5, 5.41) is 14.1. The summed E-state index contributed by atoms with van der Waals surface area (Å²) < 4.78 is 0. The van der Waals surface area contributed by atoms with E-state index in [1.807, 2.05) is 66.7 Å². The van der Waals surface area contributed by atoms with Gasteiger partial charge < -0.3 is 15.5 Å². The Hall–Kier alpha value is -9.79. The molecule has 0 spiro atoms. The average molecular weight is 1030 g/mol. The van der Waals surface area contributed by atoms with Crippen molar-refractivity contribution >= 4 is 94.9 Å². The Bertz CT molecular complexity index is 4170. The zero-order chi connectivity index (χ0) is 54.2. The number of ketones is 1. The minimum atomic E-state index is -0.0200. The lowest BCUT2D eigenvalue weighted by atomic mass is 9.86. The molecule has 0 radical (unpaired) electrons. The summed E-state index contributed by atoms with van der Waals surface area (Å²) in [4.78, 5) is 29.7. The lowest BCUT2D eigenvalue weighted by Crippen LogP contribution is -2.12. The maximum absolute atomic E-state index is 13.8. The van der Waals surface area contributed by atoms with E-state index in [0.717, 1.165) is 89.0 Å². The molecule has 0 fully saturated rings. The molecule has 8 heteroatoms. The largest absolute Gasteiger partial charge is 0.396 e. The summed E-state index contributed by atoms with van der Waals surface area (Å²) in [5.41, 5.74) is 23.0. The topological polar surface area (TPSA) is 100 Å². The molecule has 1 aromatic heterocycles. The molecule has 1 heterocycles. The second-order valence-electron chi connectivity index (χ2n) is 21.5. The van der Waals surface area contributed by atoms with Crippen LogP contribution in [0, 0.1) is 5.92 Å². The molecule has 12 aromatic rings. The second kappa shape index (κ2) is 21.0. The Morgan fingerprint density at radius 2 is 0.797 bits per heavy atom. The van der Waals surface area contributed by atoms with Crippen LogP contribution in [-0.2, 0) is 5.41 Å². The van der Waals surface area contributed by atoms with Gasteiger partial charge in [0.15, 0.2) is 5.78 Å². The molecule has 0 aliphatic carbocycles. The fourth-order valence-electron chi connectivity index (χ4n) is 10.7. The van der Waals surface area contributed by atoms with Crippen molar-refractivity contribution in [2.75, 3.05) is 22.1 Å². The fourth-order valence-corrected chi connectivity index (χ4v) is 10.7. The van der Waals surface area contributed by atoms with Crippen LogP contribution < -0.4 is 15.5 Å². The van der Waals surface area contributed by atoms with Gasteiger partial charge in [-0.25, -0.2) is 9.97 Å². The van der Waals surface area contributed by atoms with Crippen LogP contribution in [0.25, 0.3) is 65.9 Å². The van der Waals surface area contributed by atoms with Gasteiger partial charge in [0.1, 0.15) is 16.7 Å². The van der Waals surface area contributed by atoms with E-state index in [1.54, 1.807) is 0 Å². The van der Waals surface area contributed by atoms with Gasteiger partial charge in [-0.15, -0.1) is 0 Å². The van der Waals surface area contributed by atoms with Crippen LogP contribution in [-0.4, -0.2) is 22.3 Å². The van der Waals surface area contributed by atoms with Gasteiger partial charge in [0.25, 0.3) is 0 Å². The highest BCUT2D eigenvalue weighted by molar-refractivity contribution is 6.25. The molecule has 8 nitrogen and oxygen atoms in total. The Morgan fingerprint density at radius 3 is 1.22 bits per heavy atom. The summed E-state index contributed by atoms with van der Waals surface area (Å²) in [5.74, 6) is 0.244. The third kappa shape index (κ3) is 9.63. The normalized spacial score (nSPS) is 11.8. The number of nitrogens with zero attached hydrogens (tertiary/aromatic N) is 6. The van der Waals surface area contributed by atoms with E-state index in [0.29, 0.717) is 40.1 Å². The predicted octanol–water partition coefficient (Wildman–Crippen LogP) is 19.2. The molecule has 0 atom stereocenters. The number of para-hydroxylation sites is 3. The molecule has 384 valence electrons. The van der Waals surface area contributed by atoms with Gasteiger partial charge in [-0.05, 0) is 124 Å². The number of carbonyl (C=O) groups excluding carboxylic acids is 1. The number of aromatic nitrogens is 2. The molecule has 2 N–H and O–H groups in total. The Kier molecular flexibility index (Phi) is 13.3. The van der Waals surface area contributed by atoms with Crippen molar-refractivity contribution in [1.82, 2.24) is 9.97 Å². The minimum Gasteiger partial charge on any atom is -0.396 e. The van der Waals surface area contributed by atoms with Gasteiger partial charge in [-0.3, -0.25) is 4.79 Å². The molecule has 79 heavy (non-hydrogen) atoms. The Balaban J connectivity index is 1.04. The van der Waals surface area contributed by atoms with Crippen LogP contribution in [0.2, 0.25) is 0 Å². The highest BCUT2D eigenvalue weighted by atomic mass is 16.1. The molecule has 0 aliphatic rings. The van der Waals surface area contributed by atoms with Crippen LogP contribution in [0.15, 0.2) is 247 Å². The number of hydrogen-bond donors (Lipinski definition) is 1. The van der Waals surface area contributed by atoms with Crippen LogP contribution in [0.1, 0.15) is 56.1 Å². The van der Waals surface area contributed by atoms with Crippen LogP contribution in [0.5, 0.6) is 0 Å². The highest BCUT2D eigenvalue weighted by Crippen LogP contribution is 2.50. The van der Waals surface area contributed by atoms with E-state index in [4.69, 9.17) is 25.9 Å². The lowest BCUT2D eigenvalue weighted by molar-refractivity contribution is 0.103. The summed E-state index contributed by atoms with van der Waals surface area (Å²) in [6.45, 7) is 11.3. The molecular weight excluding hydrogens is 967 g/mol. The van der Waals surface area contributed by atoms with E-state index in [-0.39, 0.29) is 17.1 Å². The van der Waals surface area contributed by atoms with E-state index in [9.17, 15) is 4.79 Å². The number of anilines is 7. The van der Waals surface area contributed by atoms with E-state index in [2.05, 4.69) is 214 Å². The van der Waals surface area contributed by atoms with Crippen molar-refractivity contribution in [3.63, 3.8) is 0 Å². The molecule has 12 rings (SSSR count). The lowest BCUT2D eigenvalue weighted by Gasteiger charge is -2.26. The molecule has 0 amide bonds. The van der Waals surface area contributed by atoms with Gasteiger partial charge in [-0.2, -0.15) is 10.2 Å². The van der Waals surface area contributed by atoms with Crippen molar-refractivity contribution in [3.8, 4) is 22.3 Å². The Morgan fingerprint density at radius 1 is 0.443 bits per heavy atom. The van der Waals surface area contributed by atoms with Gasteiger partial charge in [0.05, 0.1) is 23.3 Å². The minimum absolute atomic E-state index is 0.00662. The summed E-state index contributed by atoms with van der Waals surface area (Å²) in [6, 6.07) is 80.7. The standard InChI is InChI=1S/C71H59N7O/c1-46(2)45-73-76-67-63(48-33-41-55(42-34-48)77(52-19-9-6-10-20-52)53-21-11-7-12-22-53)69-68(74-65-60-27-17-15-25-58(60)59-26-16-18-28-61(59)66(65)75-69)62(64(67)72)47-31-39-56(40-32-47)78(54-23-13-8-14-24-54)57-43-35-50(36-44-57)70(79)49-29-37-51(38-30-49)71(3,4)5/h6-44,46H,45,72H2,1-5H3/b76-73+. The molecule has 0 unspecified atom stereocenters. The van der Waals surface area contributed by atoms with Crippen molar-refractivity contribution in [2.24, 2.45) is 16.1 Å². The summed E-state index contributed by atoms with van der Waals surface area (Å²) in [6.07, 6.45) is 0. The predicted molar refractivity (Wildman–Crippen MR) is 330 cm³/mol. The van der Waals surface area contributed by atoms with Crippen molar-refractivity contribution in [3.05, 3.63) is 253 Å². The van der Waals surface area contributed by atoms with Gasteiger partial charge in [0.2, 0.25) is 0 Å². The quantitative estimate of drug-likeness (QED) is 0.0406. The first kappa shape index (κ1) is 50.1. The third-order valence-corrected chi connectivity index (χ3v) is 14.7. The number of hydrogen-bond acceptors (Lipinski definition) is 8. The number of rotatable bonds is 13. The first-order chi connectivity index (χ1) is 38.5. The number of benzene rings is 11. The molecular formula is C71H59N7O. The first-order valence-corrected chi connectivity index (χ1v) is 27.0. The van der Waals surface area contributed by atoms with Crippen molar-refractivity contribution in [2.45, 2.75) is 40.0 Å². The average Bonchev–Trinajstić information content (AvgIpc) is 3.57. The fraction of sp³-hybridized carbons (Fsp3) is 0.113. The van der Waals surface area contributed by atoms with Gasteiger partial charge in [-0.1, -0.05) is 186 Å². The van der Waals surface area contributed by atoms with E-state index < -0.39 is 0 Å². The summed E-state index contributed by atoms with van der Waals surface area (Å²) in [7, 11) is 0. The molecule has 0 bridgehead atoms. The summed E-state index contributed by atoms with van der Waals surface area (Å²) >= 11 is 0. The zero-order valence-electron chi connectivity index (χ0n) is 45.0. The number of azo groups is 1. The molecule has 11 aromatic carbocycles. The first-order valence-electron chi connectivity index (χ1n) is 27.0. The molecule has 0 saturated heterocycles. The SMILES string of the molecule is CC(C)C/N=N/c1c(N)c(-c2ccc(N(c3ccccc3)c3ccc(C(=O)c4ccc(C(C)(C)C)cc4)cc3)cc2)c2nc3c4ccccc4c4ccccc4c3nc2c1-c1ccc(N(c2ccccc2)c2ccccc2)cc1. The third-order valence-electron chi connectivity index (χ3n) is 14.7. The van der Waals surface area contributed by atoms with Crippen molar-refractivity contribution < 1.29 is 4.79 Å². The second-order valence-corrected chi connectivity index (χ2v) is 21.5. The van der Waals surface area contributed by atoms with E-state index >= 15 is 0 Å². The highest BCUT2D eigenvalue weighted by Gasteiger charge is 2.26. The van der Waals surface area contributed by atoms with Crippen molar-refractivity contribution in [1.29, 1.82) is 0 Å². The monoisotopic (exact) mass is 1030 g/mol. The number of carbonyl (C=O) groups is 1. The molecule has 0 aliphatic heterocycles. The van der Waals surface area contributed by atoms with E-state index in [1.165, 1.54) is 5.56 Å². The Labute approximate surface area is 461 Å². The van der Waals surface area contributed by atoms with Gasteiger partial charge >= 0.3 is 0 Å². The van der Waals surface area contributed by atoms with Crippen LogP contribution in [0.4, 0.5) is 45.5 Å². The maximum Gasteiger partial charge on any atom is 0.193 e. The van der Waals surface area contributed by atoms with Crippen LogP contribution >= 0.6 is 0 Å². The van der Waals surface area contributed by atoms with Gasteiger partial charge in [0, 0.05) is 67.2 Å². The van der Waals surface area contributed by atoms with Crippen LogP contribution in [0.3, 0.4) is 0 Å².